The Kier molecular flexibility index (Phi) is 3.84. The highest BCUT2D eigenvalue weighted by Gasteiger charge is 2.16. The van der Waals surface area contributed by atoms with E-state index in [1.807, 2.05) is 25.1 Å². The van der Waals surface area contributed by atoms with Crippen LogP contribution in [0.15, 0.2) is 29.8 Å². The Morgan fingerprint density at radius 2 is 2.22 bits per heavy atom. The average Bonchev–Trinajstić information content (AvgIpc) is 2.77. The predicted molar refractivity (Wildman–Crippen MR) is 72.6 cm³/mol. The van der Waals surface area contributed by atoms with E-state index >= 15 is 0 Å². The van der Waals surface area contributed by atoms with E-state index in [0.717, 1.165) is 5.56 Å². The second-order valence-electron chi connectivity index (χ2n) is 3.72. The number of nitrogens with one attached hydrogen (secondary N) is 1. The maximum absolute atomic E-state index is 10.9. The van der Waals surface area contributed by atoms with E-state index in [9.17, 15) is 4.79 Å². The van der Waals surface area contributed by atoms with E-state index in [1.165, 1.54) is 16.8 Å². The van der Waals surface area contributed by atoms with Crippen LogP contribution in [0.2, 0.25) is 5.02 Å². The van der Waals surface area contributed by atoms with Crippen molar-refractivity contribution in [2.75, 3.05) is 5.32 Å². The normalized spacial score (nSPS) is 12.1. The number of aromatic nitrogens is 1. The summed E-state index contributed by atoms with van der Waals surface area (Å²) in [7, 11) is 0. The monoisotopic (exact) mass is 282 g/mol. The Bertz CT molecular complexity index is 571. The fourth-order valence-corrected chi connectivity index (χ4v) is 2.66. The molecule has 0 spiro atoms. The van der Waals surface area contributed by atoms with Gasteiger partial charge in [0.05, 0.1) is 11.6 Å². The molecule has 0 aliphatic heterocycles. The van der Waals surface area contributed by atoms with Gasteiger partial charge in [-0.3, -0.25) is 0 Å². The van der Waals surface area contributed by atoms with Crippen LogP contribution in [0.1, 0.15) is 29.0 Å². The van der Waals surface area contributed by atoms with Crippen LogP contribution < -0.4 is 5.32 Å². The zero-order valence-corrected chi connectivity index (χ0v) is 11.1. The van der Waals surface area contributed by atoms with Crippen molar-refractivity contribution in [2.45, 2.75) is 13.0 Å². The minimum Gasteiger partial charge on any atom is -0.476 e. The van der Waals surface area contributed by atoms with Gasteiger partial charge < -0.3 is 10.4 Å². The molecule has 1 atom stereocenters. The molecule has 1 aromatic carbocycles. The van der Waals surface area contributed by atoms with E-state index in [-0.39, 0.29) is 11.7 Å². The van der Waals surface area contributed by atoms with Crippen molar-refractivity contribution in [3.8, 4) is 0 Å². The largest absolute Gasteiger partial charge is 0.476 e. The number of thiazole rings is 1. The van der Waals surface area contributed by atoms with Gasteiger partial charge in [0.1, 0.15) is 5.00 Å². The van der Waals surface area contributed by atoms with Crippen molar-refractivity contribution in [1.29, 1.82) is 0 Å². The lowest BCUT2D eigenvalue weighted by atomic mass is 10.1. The summed E-state index contributed by atoms with van der Waals surface area (Å²) in [6.07, 6.45) is 0. The summed E-state index contributed by atoms with van der Waals surface area (Å²) in [6.45, 7) is 1.92. The summed E-state index contributed by atoms with van der Waals surface area (Å²) in [5.74, 6) is -1.04. The quantitative estimate of drug-likeness (QED) is 0.898. The number of rotatable bonds is 4. The van der Waals surface area contributed by atoms with E-state index in [0.29, 0.717) is 10.0 Å². The summed E-state index contributed by atoms with van der Waals surface area (Å²) in [6, 6.07) is 7.37. The molecule has 18 heavy (non-hydrogen) atoms. The molecule has 0 saturated heterocycles. The minimum absolute atomic E-state index is 0.0407. The number of benzene rings is 1. The molecule has 0 aliphatic carbocycles. The van der Waals surface area contributed by atoms with Crippen LogP contribution in [0.4, 0.5) is 5.00 Å². The van der Waals surface area contributed by atoms with Crippen molar-refractivity contribution in [3.05, 3.63) is 46.1 Å². The number of carboxylic acids is 1. The molecule has 2 rings (SSSR count). The second-order valence-corrected chi connectivity index (χ2v) is 4.98. The first kappa shape index (κ1) is 12.9. The van der Waals surface area contributed by atoms with Crippen LogP contribution in [0.25, 0.3) is 0 Å². The molecule has 94 valence electrons. The fraction of sp³-hybridized carbons (Fsp3) is 0.167. The Morgan fingerprint density at radius 1 is 1.50 bits per heavy atom. The van der Waals surface area contributed by atoms with Crippen LogP contribution in [0.5, 0.6) is 0 Å². The molecule has 4 nitrogen and oxygen atoms in total. The van der Waals surface area contributed by atoms with Gasteiger partial charge in [-0.2, -0.15) is 0 Å². The van der Waals surface area contributed by atoms with Gasteiger partial charge in [-0.15, -0.1) is 11.3 Å². The average molecular weight is 283 g/mol. The van der Waals surface area contributed by atoms with Crippen molar-refractivity contribution in [2.24, 2.45) is 0 Å². The zero-order chi connectivity index (χ0) is 13.1. The molecule has 1 aromatic heterocycles. The van der Waals surface area contributed by atoms with Gasteiger partial charge in [0.15, 0.2) is 5.69 Å². The Hall–Kier alpha value is -1.59. The van der Waals surface area contributed by atoms with Crippen molar-refractivity contribution in [3.63, 3.8) is 0 Å². The smallest absolute Gasteiger partial charge is 0.357 e. The molecule has 6 heteroatoms. The Labute approximate surface area is 113 Å². The van der Waals surface area contributed by atoms with Gasteiger partial charge in [-0.25, -0.2) is 9.78 Å². The Balaban J connectivity index is 2.22. The highest BCUT2D eigenvalue weighted by Crippen LogP contribution is 2.29. The van der Waals surface area contributed by atoms with Crippen LogP contribution in [0.3, 0.4) is 0 Å². The van der Waals surface area contributed by atoms with E-state index < -0.39 is 5.97 Å². The summed E-state index contributed by atoms with van der Waals surface area (Å²) < 4.78 is 0. The number of anilines is 1. The van der Waals surface area contributed by atoms with Crippen molar-refractivity contribution < 1.29 is 9.90 Å². The minimum atomic E-state index is -1.04. The third-order valence-corrected chi connectivity index (χ3v) is 3.59. The topological polar surface area (TPSA) is 62.2 Å². The molecule has 2 N–H and O–H groups in total. The standard InChI is InChI=1S/C12H11ClN2O2S/c1-7(8-4-2-3-5-9(8)13)15-11-10(12(16)17)14-6-18-11/h2-7,15H,1H3,(H,16,17). The number of hydrogen-bond donors (Lipinski definition) is 2. The lowest BCUT2D eigenvalue weighted by Crippen LogP contribution is -2.09. The molecule has 0 aliphatic rings. The summed E-state index contributed by atoms with van der Waals surface area (Å²) in [5.41, 5.74) is 2.47. The van der Waals surface area contributed by atoms with Gasteiger partial charge in [-0.1, -0.05) is 29.8 Å². The van der Waals surface area contributed by atoms with Crippen LogP contribution in [0, 0.1) is 0 Å². The second kappa shape index (κ2) is 5.37. The van der Waals surface area contributed by atoms with E-state index in [1.54, 1.807) is 6.07 Å². The third kappa shape index (κ3) is 2.63. The number of carbonyl (C=O) groups is 1. The molecule has 1 heterocycles. The first-order valence-corrected chi connectivity index (χ1v) is 6.53. The molecular weight excluding hydrogens is 272 g/mol. The van der Waals surface area contributed by atoms with Gasteiger partial charge in [0.25, 0.3) is 0 Å². The van der Waals surface area contributed by atoms with Crippen LogP contribution >= 0.6 is 22.9 Å². The summed E-state index contributed by atoms with van der Waals surface area (Å²) in [4.78, 5) is 14.8. The first-order valence-electron chi connectivity index (χ1n) is 5.27. The van der Waals surface area contributed by atoms with Crippen LogP contribution in [-0.4, -0.2) is 16.1 Å². The first-order chi connectivity index (χ1) is 8.59. The van der Waals surface area contributed by atoms with Crippen molar-refractivity contribution in [1.82, 2.24) is 4.98 Å². The van der Waals surface area contributed by atoms with Gasteiger partial charge in [0, 0.05) is 5.02 Å². The SMILES string of the molecule is CC(Nc1scnc1C(=O)O)c1ccccc1Cl. The zero-order valence-electron chi connectivity index (χ0n) is 9.55. The molecule has 0 fully saturated rings. The molecule has 0 radical (unpaired) electrons. The molecule has 0 bridgehead atoms. The van der Waals surface area contributed by atoms with Gasteiger partial charge >= 0.3 is 5.97 Å². The van der Waals surface area contributed by atoms with E-state index in [4.69, 9.17) is 16.7 Å². The van der Waals surface area contributed by atoms with Crippen LogP contribution in [-0.2, 0) is 0 Å². The van der Waals surface area contributed by atoms with Crippen molar-refractivity contribution >= 4 is 33.9 Å². The number of halogens is 1. The highest BCUT2D eigenvalue weighted by atomic mass is 35.5. The predicted octanol–water partition coefficient (Wildman–Crippen LogP) is 3.67. The molecular formula is C12H11ClN2O2S. The summed E-state index contributed by atoms with van der Waals surface area (Å²) >= 11 is 7.35. The highest BCUT2D eigenvalue weighted by molar-refractivity contribution is 7.14. The van der Waals surface area contributed by atoms with E-state index in [2.05, 4.69) is 10.3 Å². The number of nitrogens with zero attached hydrogens (tertiary/aromatic N) is 1. The Morgan fingerprint density at radius 3 is 2.89 bits per heavy atom. The summed E-state index contributed by atoms with van der Waals surface area (Å²) in [5, 5.41) is 13.3. The lowest BCUT2D eigenvalue weighted by Gasteiger charge is -2.15. The lowest BCUT2D eigenvalue weighted by molar-refractivity contribution is 0.0692. The maximum Gasteiger partial charge on any atom is 0.357 e. The molecule has 1 unspecified atom stereocenters. The van der Waals surface area contributed by atoms with Gasteiger partial charge in [0.2, 0.25) is 0 Å². The number of carboxylic acid groups (broad SMARTS) is 1. The fourth-order valence-electron chi connectivity index (χ4n) is 1.60. The maximum atomic E-state index is 10.9. The molecule has 2 aromatic rings. The molecule has 0 saturated carbocycles. The molecule has 0 amide bonds. The van der Waals surface area contributed by atoms with Gasteiger partial charge in [-0.05, 0) is 18.6 Å². The third-order valence-electron chi connectivity index (χ3n) is 2.49. The number of aromatic carboxylic acids is 1. The number of hydrogen-bond acceptors (Lipinski definition) is 4.